The van der Waals surface area contributed by atoms with Gasteiger partial charge in [0, 0.05) is 18.2 Å². The highest BCUT2D eigenvalue weighted by Crippen LogP contribution is 2.45. The van der Waals surface area contributed by atoms with E-state index in [1.165, 1.54) is 0 Å². The Hall–Kier alpha value is -2.91. The molecule has 3 nitrogen and oxygen atoms in total. The van der Waals surface area contributed by atoms with Crippen molar-refractivity contribution < 1.29 is 14.6 Å². The van der Waals surface area contributed by atoms with Crippen LogP contribution >= 0.6 is 0 Å². The monoisotopic (exact) mass is 342 g/mol. The number of carbonyl (C=O) groups excluding carboxylic acids is 1. The highest BCUT2D eigenvalue weighted by molar-refractivity contribution is 6.06. The van der Waals surface area contributed by atoms with Crippen LogP contribution < -0.4 is 4.74 Å². The van der Waals surface area contributed by atoms with Gasteiger partial charge < -0.3 is 9.84 Å². The van der Waals surface area contributed by atoms with Crippen LogP contribution in [0.4, 0.5) is 0 Å². The largest absolute Gasteiger partial charge is 0.457 e. The molecular weight excluding hydrogens is 324 g/mol. The van der Waals surface area contributed by atoms with E-state index < -0.39 is 5.79 Å². The summed E-state index contributed by atoms with van der Waals surface area (Å²) in [7, 11) is 0. The van der Waals surface area contributed by atoms with E-state index in [0.29, 0.717) is 24.2 Å². The second-order valence-corrected chi connectivity index (χ2v) is 7.08. The number of fused-ring (bicyclic) bond motifs is 1. The summed E-state index contributed by atoms with van der Waals surface area (Å²) >= 11 is 0. The molecule has 3 aromatic rings. The van der Waals surface area contributed by atoms with Crippen LogP contribution in [-0.2, 0) is 4.79 Å². The van der Waals surface area contributed by atoms with Crippen LogP contribution in [0.3, 0.4) is 0 Å². The second-order valence-electron chi connectivity index (χ2n) is 7.08. The van der Waals surface area contributed by atoms with Gasteiger partial charge in [0.25, 0.3) is 0 Å². The third-order valence-electron chi connectivity index (χ3n) is 5.42. The van der Waals surface area contributed by atoms with Gasteiger partial charge in [0.2, 0.25) is 5.79 Å². The van der Waals surface area contributed by atoms with E-state index >= 15 is 0 Å². The van der Waals surface area contributed by atoms with Crippen molar-refractivity contribution in [3.05, 3.63) is 83.4 Å². The highest BCUT2D eigenvalue weighted by atomic mass is 16.6. The van der Waals surface area contributed by atoms with Crippen LogP contribution in [0.15, 0.2) is 72.3 Å². The average Bonchev–Trinajstić information content (AvgIpc) is 2.78. The van der Waals surface area contributed by atoms with E-state index in [1.807, 2.05) is 72.8 Å². The number of aliphatic hydroxyl groups is 1. The lowest BCUT2D eigenvalue weighted by atomic mass is 9.76. The molecule has 0 aromatic heterocycles. The molecule has 1 N–H and O–H groups in total. The number of carbonyl (C=O) groups is 1. The first-order valence-electron chi connectivity index (χ1n) is 8.87. The van der Waals surface area contributed by atoms with Crippen molar-refractivity contribution in [2.75, 3.05) is 0 Å². The fourth-order valence-corrected chi connectivity index (χ4v) is 4.20. The van der Waals surface area contributed by atoms with Crippen LogP contribution in [0.5, 0.6) is 5.75 Å². The number of hydrogen-bond donors (Lipinski definition) is 1. The van der Waals surface area contributed by atoms with Gasteiger partial charge in [0.05, 0.1) is 5.57 Å². The number of ketones is 1. The van der Waals surface area contributed by atoms with Crippen molar-refractivity contribution in [2.45, 2.75) is 24.5 Å². The van der Waals surface area contributed by atoms with E-state index in [2.05, 4.69) is 0 Å². The van der Waals surface area contributed by atoms with E-state index in [0.717, 1.165) is 21.9 Å². The molecule has 0 unspecified atom stereocenters. The first-order valence-corrected chi connectivity index (χ1v) is 8.87. The normalized spacial score (nSPS) is 24.4. The molecule has 1 aliphatic heterocycles. The quantitative estimate of drug-likeness (QED) is 0.711. The van der Waals surface area contributed by atoms with Crippen molar-refractivity contribution in [1.82, 2.24) is 0 Å². The van der Waals surface area contributed by atoms with E-state index in [-0.39, 0.29) is 11.7 Å². The van der Waals surface area contributed by atoms with E-state index in [1.54, 1.807) is 0 Å². The maximum atomic E-state index is 12.9. The molecule has 1 aliphatic carbocycles. The number of rotatable bonds is 1. The van der Waals surface area contributed by atoms with Crippen molar-refractivity contribution >= 4 is 22.6 Å². The van der Waals surface area contributed by atoms with Crippen molar-refractivity contribution in [3.63, 3.8) is 0 Å². The summed E-state index contributed by atoms with van der Waals surface area (Å²) in [6.07, 6.45) is 2.55. The maximum Gasteiger partial charge on any atom is 0.239 e. The average molecular weight is 342 g/mol. The molecule has 128 valence electrons. The van der Waals surface area contributed by atoms with Gasteiger partial charge in [0.15, 0.2) is 5.78 Å². The molecule has 3 heteroatoms. The molecule has 0 amide bonds. The van der Waals surface area contributed by atoms with Gasteiger partial charge in [-0.1, -0.05) is 60.7 Å². The van der Waals surface area contributed by atoms with Crippen LogP contribution in [-0.4, -0.2) is 16.7 Å². The lowest BCUT2D eigenvalue weighted by Gasteiger charge is -2.37. The number of ether oxygens (including phenoxy) is 1. The zero-order chi connectivity index (χ0) is 17.7. The Bertz CT molecular complexity index is 1050. The molecule has 26 heavy (non-hydrogen) atoms. The molecule has 0 radical (unpaired) electrons. The van der Waals surface area contributed by atoms with Crippen molar-refractivity contribution in [2.24, 2.45) is 0 Å². The summed E-state index contributed by atoms with van der Waals surface area (Å²) in [6, 6.07) is 21.6. The van der Waals surface area contributed by atoms with Crippen molar-refractivity contribution in [3.8, 4) is 5.75 Å². The molecule has 5 rings (SSSR count). The first kappa shape index (κ1) is 15.4. The van der Waals surface area contributed by atoms with Gasteiger partial charge in [-0.2, -0.15) is 0 Å². The third-order valence-corrected chi connectivity index (χ3v) is 5.42. The summed E-state index contributed by atoms with van der Waals surface area (Å²) in [4.78, 5) is 12.9. The van der Waals surface area contributed by atoms with Crippen LogP contribution in [0.2, 0.25) is 0 Å². The maximum absolute atomic E-state index is 12.9. The Morgan fingerprint density at radius 1 is 0.962 bits per heavy atom. The zero-order valence-electron chi connectivity index (χ0n) is 14.2. The van der Waals surface area contributed by atoms with Gasteiger partial charge in [-0.25, -0.2) is 0 Å². The molecular formula is C23H18O3. The Morgan fingerprint density at radius 3 is 2.54 bits per heavy atom. The summed E-state index contributed by atoms with van der Waals surface area (Å²) in [5.41, 5.74) is 2.32. The topological polar surface area (TPSA) is 46.5 Å². The van der Waals surface area contributed by atoms with E-state index in [9.17, 15) is 9.90 Å². The first-order chi connectivity index (χ1) is 12.6. The minimum atomic E-state index is -1.61. The number of hydrogen-bond acceptors (Lipinski definition) is 3. The minimum Gasteiger partial charge on any atom is -0.457 e. The van der Waals surface area contributed by atoms with Gasteiger partial charge in [-0.05, 0) is 34.6 Å². The van der Waals surface area contributed by atoms with Gasteiger partial charge in [-0.15, -0.1) is 0 Å². The molecule has 1 fully saturated rings. The van der Waals surface area contributed by atoms with Crippen LogP contribution in [0.1, 0.15) is 29.9 Å². The SMILES string of the molecule is O=C1C[C@@H](c2ccccc2)C[C@@]2(O)Oc3cccc4cccc(c34)C=C12. The van der Waals surface area contributed by atoms with Gasteiger partial charge in [-0.3, -0.25) is 4.79 Å². The van der Waals surface area contributed by atoms with Crippen LogP contribution in [0.25, 0.3) is 16.8 Å². The molecule has 0 spiro atoms. The Balaban J connectivity index is 1.66. The van der Waals surface area contributed by atoms with Gasteiger partial charge >= 0.3 is 0 Å². The number of benzene rings is 3. The molecule has 0 saturated heterocycles. The summed E-state index contributed by atoms with van der Waals surface area (Å²) in [5.74, 6) is -1.11. The summed E-state index contributed by atoms with van der Waals surface area (Å²) in [5, 5.41) is 13.4. The van der Waals surface area contributed by atoms with Gasteiger partial charge in [0.1, 0.15) is 5.75 Å². The summed E-state index contributed by atoms with van der Waals surface area (Å²) in [6.45, 7) is 0. The molecule has 1 saturated carbocycles. The molecule has 0 bridgehead atoms. The second kappa shape index (κ2) is 5.55. The van der Waals surface area contributed by atoms with Crippen LogP contribution in [0, 0.1) is 0 Å². The van der Waals surface area contributed by atoms with Crippen molar-refractivity contribution in [1.29, 1.82) is 0 Å². The fraction of sp³-hybridized carbons (Fsp3) is 0.174. The fourth-order valence-electron chi connectivity index (χ4n) is 4.20. The summed E-state index contributed by atoms with van der Waals surface area (Å²) < 4.78 is 6.11. The minimum absolute atomic E-state index is 0.0580. The third kappa shape index (κ3) is 2.28. The Kier molecular flexibility index (Phi) is 3.28. The smallest absolute Gasteiger partial charge is 0.239 e. The number of Topliss-reactive ketones (excluding diaryl/α,β-unsaturated/α-hetero) is 1. The Morgan fingerprint density at radius 2 is 1.73 bits per heavy atom. The zero-order valence-corrected chi connectivity index (χ0v) is 14.2. The molecule has 1 heterocycles. The lowest BCUT2D eigenvalue weighted by molar-refractivity contribution is -0.143. The van der Waals surface area contributed by atoms with E-state index in [4.69, 9.17) is 4.74 Å². The standard InChI is InChI=1S/C23H18O3/c24-20-13-18(15-6-2-1-3-7-15)14-23(25)19(20)12-17-10-4-8-16-9-5-11-21(26-23)22(16)17/h1-12,18,25H,13-14H2/t18-,23-/m1/s1. The Labute approximate surface area is 151 Å². The predicted octanol–water partition coefficient (Wildman–Crippen LogP) is 4.45. The predicted molar refractivity (Wildman–Crippen MR) is 101 cm³/mol. The highest BCUT2D eigenvalue weighted by Gasteiger charge is 2.47. The lowest BCUT2D eigenvalue weighted by Crippen LogP contribution is -2.46. The molecule has 3 aromatic carbocycles. The molecule has 2 atom stereocenters. The molecule has 2 aliphatic rings.